The number of esters is 3. The van der Waals surface area contributed by atoms with Crippen LogP contribution >= 0.6 is 0 Å². The van der Waals surface area contributed by atoms with Crippen LogP contribution in [0.2, 0.25) is 0 Å². The van der Waals surface area contributed by atoms with Gasteiger partial charge in [0.05, 0.1) is 0 Å². The molecule has 6 heteroatoms. The summed E-state index contributed by atoms with van der Waals surface area (Å²) in [5.41, 5.74) is 0. The van der Waals surface area contributed by atoms with Gasteiger partial charge < -0.3 is 14.2 Å². The lowest BCUT2D eigenvalue weighted by molar-refractivity contribution is -0.167. The lowest BCUT2D eigenvalue weighted by Crippen LogP contribution is -2.30. The highest BCUT2D eigenvalue weighted by Gasteiger charge is 2.19. The van der Waals surface area contributed by atoms with Crippen LogP contribution in [0.25, 0.3) is 0 Å². The van der Waals surface area contributed by atoms with Crippen molar-refractivity contribution in [3.63, 3.8) is 0 Å². The van der Waals surface area contributed by atoms with E-state index in [-0.39, 0.29) is 37.5 Å². The monoisotopic (exact) mass is 901 g/mol. The predicted molar refractivity (Wildman–Crippen MR) is 279 cm³/mol. The summed E-state index contributed by atoms with van der Waals surface area (Å²) < 4.78 is 16.7. The first-order chi connectivity index (χ1) is 32.0. The molecule has 0 aromatic rings. The summed E-state index contributed by atoms with van der Waals surface area (Å²) in [4.78, 5) is 38.0. The van der Waals surface area contributed by atoms with E-state index < -0.39 is 6.10 Å². The van der Waals surface area contributed by atoms with Gasteiger partial charge in [0.25, 0.3) is 0 Å². The summed E-state index contributed by atoms with van der Waals surface area (Å²) in [6, 6.07) is 0. The van der Waals surface area contributed by atoms with Crippen molar-refractivity contribution in [1.82, 2.24) is 0 Å². The molecule has 0 amide bonds. The quantitative estimate of drug-likeness (QED) is 0.0262. The van der Waals surface area contributed by atoms with Gasteiger partial charge in [0, 0.05) is 19.3 Å². The SMILES string of the molecule is CC/C=C\C/C=C\C/C=C\C/C=C\CCCCC(=O)O[C@H](COC(=O)CCCC/C=C\C/C=C\C/C=C\CCCCC)COC(=O)CCCCCCCCC/C=C\C/C=C\CCCCC. The minimum absolute atomic E-state index is 0.113. The molecule has 65 heavy (non-hydrogen) atoms. The fourth-order valence-corrected chi connectivity index (χ4v) is 6.76. The van der Waals surface area contributed by atoms with E-state index in [2.05, 4.69) is 130 Å². The van der Waals surface area contributed by atoms with Gasteiger partial charge in [-0.05, 0) is 128 Å². The average molecular weight is 901 g/mol. The van der Waals surface area contributed by atoms with Crippen LogP contribution in [0.4, 0.5) is 0 Å². The summed E-state index contributed by atoms with van der Waals surface area (Å²) in [6.07, 6.45) is 70.7. The normalized spacial score (nSPS) is 13.0. The molecule has 0 unspecified atom stereocenters. The Morgan fingerprint density at radius 3 is 0.969 bits per heavy atom. The number of unbranched alkanes of at least 4 members (excludes halogenated alkanes) is 17. The van der Waals surface area contributed by atoms with Gasteiger partial charge in [0.2, 0.25) is 0 Å². The van der Waals surface area contributed by atoms with E-state index in [1.165, 1.54) is 77.0 Å². The molecule has 368 valence electrons. The van der Waals surface area contributed by atoms with Crippen molar-refractivity contribution < 1.29 is 28.6 Å². The highest BCUT2D eigenvalue weighted by molar-refractivity contribution is 5.71. The Morgan fingerprint density at radius 1 is 0.323 bits per heavy atom. The number of hydrogen-bond donors (Lipinski definition) is 0. The van der Waals surface area contributed by atoms with Gasteiger partial charge >= 0.3 is 17.9 Å². The second-order valence-electron chi connectivity index (χ2n) is 17.0. The van der Waals surface area contributed by atoms with Crippen molar-refractivity contribution in [3.8, 4) is 0 Å². The first-order valence-electron chi connectivity index (χ1n) is 26.4. The molecule has 0 spiro atoms. The standard InChI is InChI=1S/C59H96O6/c1-4-7-10-13-16-19-22-25-28-29-32-34-37-40-43-46-49-52-58(61)64-55-56(65-59(62)53-50-47-44-41-38-35-31-27-24-21-18-15-12-9-6-3)54-63-57(60)51-48-45-42-39-36-33-30-26-23-20-17-14-11-8-5-2/h9,12,16-21,25-28,30-31,36,38-39,41,56H,4-8,10-11,13-15,22-24,29,32-35,37,40,42-55H2,1-3H3/b12-9-,19-16-,20-17-,21-18-,28-25-,30-26-,31-27-,39-36-,41-38-/t56-/m1/s1. The van der Waals surface area contributed by atoms with Crippen molar-refractivity contribution in [2.75, 3.05) is 13.2 Å². The zero-order chi connectivity index (χ0) is 47.2. The van der Waals surface area contributed by atoms with Crippen LogP contribution in [0.1, 0.15) is 226 Å². The molecule has 0 radical (unpaired) electrons. The number of carbonyl (C=O) groups excluding carboxylic acids is 3. The van der Waals surface area contributed by atoms with Gasteiger partial charge in [-0.3, -0.25) is 14.4 Å². The number of rotatable bonds is 46. The van der Waals surface area contributed by atoms with E-state index in [4.69, 9.17) is 14.2 Å². The first-order valence-corrected chi connectivity index (χ1v) is 26.4. The number of carbonyl (C=O) groups is 3. The van der Waals surface area contributed by atoms with Crippen molar-refractivity contribution >= 4 is 17.9 Å². The minimum Gasteiger partial charge on any atom is -0.462 e. The fraction of sp³-hybridized carbons (Fsp3) is 0.644. The molecule has 0 saturated heterocycles. The van der Waals surface area contributed by atoms with E-state index in [9.17, 15) is 14.4 Å². The van der Waals surface area contributed by atoms with Crippen LogP contribution in [0, 0.1) is 0 Å². The molecule has 0 saturated carbocycles. The van der Waals surface area contributed by atoms with Gasteiger partial charge in [-0.15, -0.1) is 0 Å². The summed E-state index contributed by atoms with van der Waals surface area (Å²) >= 11 is 0. The lowest BCUT2D eigenvalue weighted by Gasteiger charge is -2.18. The van der Waals surface area contributed by atoms with Gasteiger partial charge in [-0.25, -0.2) is 0 Å². The van der Waals surface area contributed by atoms with E-state index in [0.717, 1.165) is 103 Å². The molecule has 0 fully saturated rings. The summed E-state index contributed by atoms with van der Waals surface area (Å²) in [6.45, 7) is 6.38. The number of hydrogen-bond acceptors (Lipinski definition) is 6. The Bertz CT molecular complexity index is 1360. The highest BCUT2D eigenvalue weighted by atomic mass is 16.6. The molecule has 0 aromatic heterocycles. The van der Waals surface area contributed by atoms with Crippen LogP contribution in [-0.4, -0.2) is 37.2 Å². The highest BCUT2D eigenvalue weighted by Crippen LogP contribution is 2.12. The van der Waals surface area contributed by atoms with Crippen LogP contribution in [0.15, 0.2) is 109 Å². The van der Waals surface area contributed by atoms with Crippen LogP contribution < -0.4 is 0 Å². The number of ether oxygens (including phenoxy) is 3. The first kappa shape index (κ1) is 61.1. The topological polar surface area (TPSA) is 78.9 Å². The van der Waals surface area contributed by atoms with E-state index in [1.807, 2.05) is 0 Å². The molecule has 0 aliphatic rings. The third kappa shape index (κ3) is 50.9. The van der Waals surface area contributed by atoms with Crippen molar-refractivity contribution in [2.45, 2.75) is 232 Å². The minimum atomic E-state index is -0.820. The van der Waals surface area contributed by atoms with Gasteiger partial charge in [-0.2, -0.15) is 0 Å². The maximum Gasteiger partial charge on any atom is 0.306 e. The molecule has 0 heterocycles. The Kier molecular flexibility index (Phi) is 49.5. The Balaban J connectivity index is 4.53. The zero-order valence-electron chi connectivity index (χ0n) is 42.0. The van der Waals surface area contributed by atoms with Crippen LogP contribution in [0.3, 0.4) is 0 Å². The largest absolute Gasteiger partial charge is 0.462 e. The Labute approximate surface area is 400 Å². The average Bonchev–Trinajstić information content (AvgIpc) is 3.30. The molecule has 0 aliphatic carbocycles. The molecular weight excluding hydrogens is 805 g/mol. The van der Waals surface area contributed by atoms with Crippen molar-refractivity contribution in [1.29, 1.82) is 0 Å². The predicted octanol–water partition coefficient (Wildman–Crippen LogP) is 17.5. The molecule has 0 bridgehead atoms. The lowest BCUT2D eigenvalue weighted by atomic mass is 10.1. The van der Waals surface area contributed by atoms with Gasteiger partial charge in [-0.1, -0.05) is 188 Å². The second-order valence-corrected chi connectivity index (χ2v) is 17.0. The second kappa shape index (κ2) is 52.7. The summed E-state index contributed by atoms with van der Waals surface area (Å²) in [5, 5.41) is 0. The molecular formula is C59H96O6. The van der Waals surface area contributed by atoms with Crippen LogP contribution in [-0.2, 0) is 28.6 Å². The van der Waals surface area contributed by atoms with Crippen molar-refractivity contribution in [2.24, 2.45) is 0 Å². The number of allylic oxidation sites excluding steroid dienone is 18. The van der Waals surface area contributed by atoms with Crippen molar-refractivity contribution in [3.05, 3.63) is 109 Å². The third-order valence-corrected chi connectivity index (χ3v) is 10.7. The molecule has 0 aromatic carbocycles. The smallest absolute Gasteiger partial charge is 0.306 e. The van der Waals surface area contributed by atoms with E-state index in [0.29, 0.717) is 19.3 Å². The van der Waals surface area contributed by atoms with E-state index >= 15 is 0 Å². The third-order valence-electron chi connectivity index (χ3n) is 10.7. The Morgan fingerprint density at radius 2 is 0.600 bits per heavy atom. The summed E-state index contributed by atoms with van der Waals surface area (Å²) in [7, 11) is 0. The molecule has 6 nitrogen and oxygen atoms in total. The molecule has 0 aliphatic heterocycles. The van der Waals surface area contributed by atoms with Gasteiger partial charge in [0.1, 0.15) is 13.2 Å². The summed E-state index contributed by atoms with van der Waals surface area (Å²) in [5.74, 6) is -1.01. The van der Waals surface area contributed by atoms with Crippen LogP contribution in [0.5, 0.6) is 0 Å². The van der Waals surface area contributed by atoms with Gasteiger partial charge in [0.15, 0.2) is 6.10 Å². The fourth-order valence-electron chi connectivity index (χ4n) is 6.76. The Hall–Kier alpha value is -3.93. The maximum atomic E-state index is 12.8. The molecule has 0 rings (SSSR count). The maximum absolute atomic E-state index is 12.8. The zero-order valence-corrected chi connectivity index (χ0v) is 42.0. The molecule has 1 atom stereocenters. The molecule has 0 N–H and O–H groups in total. The van der Waals surface area contributed by atoms with E-state index in [1.54, 1.807) is 0 Å².